The zero-order chi connectivity index (χ0) is 11.3. The third kappa shape index (κ3) is 1.51. The lowest BCUT2D eigenvalue weighted by Gasteiger charge is -2.36. The molecule has 5 nitrogen and oxygen atoms in total. The lowest BCUT2D eigenvalue weighted by Crippen LogP contribution is -2.47. The molecule has 0 aliphatic carbocycles. The minimum atomic E-state index is -0.784. The van der Waals surface area contributed by atoms with E-state index < -0.39 is 5.60 Å². The van der Waals surface area contributed by atoms with Gasteiger partial charge >= 0.3 is 0 Å². The Bertz CT molecular complexity index is 387. The van der Waals surface area contributed by atoms with Crippen molar-refractivity contribution in [3.05, 3.63) is 10.3 Å². The topological polar surface area (TPSA) is 63.0 Å². The van der Waals surface area contributed by atoms with Gasteiger partial charge in [0.1, 0.15) is 11.3 Å². The highest BCUT2D eigenvalue weighted by Crippen LogP contribution is 2.42. The Hall–Kier alpha value is -0.460. The second-order valence-corrected chi connectivity index (χ2v) is 5.68. The van der Waals surface area contributed by atoms with E-state index in [9.17, 15) is 5.11 Å². The van der Waals surface area contributed by atoms with Crippen molar-refractivity contribution in [2.45, 2.75) is 43.4 Å². The summed E-state index contributed by atoms with van der Waals surface area (Å²) in [6.45, 7) is 0. The molecular formula is C10H15BrN4O. The van der Waals surface area contributed by atoms with Gasteiger partial charge in [0.25, 0.3) is 0 Å². The zero-order valence-electron chi connectivity index (χ0n) is 9.15. The van der Waals surface area contributed by atoms with Crippen LogP contribution in [-0.2, 0) is 12.6 Å². The van der Waals surface area contributed by atoms with Gasteiger partial charge in [0.05, 0.1) is 0 Å². The molecule has 88 valence electrons. The van der Waals surface area contributed by atoms with Gasteiger partial charge in [-0.15, -0.1) is 5.10 Å². The van der Waals surface area contributed by atoms with Crippen molar-refractivity contribution >= 4 is 15.9 Å². The Morgan fingerprint density at radius 1 is 1.44 bits per heavy atom. The van der Waals surface area contributed by atoms with Gasteiger partial charge in [-0.05, 0) is 41.6 Å². The maximum Gasteiger partial charge on any atom is 0.154 e. The van der Waals surface area contributed by atoms with E-state index in [1.807, 2.05) is 7.05 Å². The van der Waals surface area contributed by atoms with Crippen LogP contribution in [0.5, 0.6) is 0 Å². The predicted octanol–water partition coefficient (Wildman–Crippen LogP) is 0.680. The molecule has 2 fully saturated rings. The predicted molar refractivity (Wildman–Crippen MR) is 61.8 cm³/mol. The monoisotopic (exact) mass is 286 g/mol. The van der Waals surface area contributed by atoms with Gasteiger partial charge in [-0.1, -0.05) is 5.21 Å². The van der Waals surface area contributed by atoms with Gasteiger partial charge in [-0.25, -0.2) is 4.68 Å². The highest BCUT2D eigenvalue weighted by atomic mass is 79.9. The first kappa shape index (κ1) is 10.7. The summed E-state index contributed by atoms with van der Waals surface area (Å²) >= 11 is 3.37. The second-order valence-electron chi connectivity index (χ2n) is 4.93. The number of aliphatic hydroxyl groups is 1. The lowest BCUT2D eigenvalue weighted by atomic mass is 9.85. The van der Waals surface area contributed by atoms with Crippen LogP contribution in [0.2, 0.25) is 0 Å². The molecule has 1 aromatic heterocycles. The van der Waals surface area contributed by atoms with Crippen molar-refractivity contribution in [1.82, 2.24) is 20.3 Å². The van der Waals surface area contributed by atoms with Gasteiger partial charge in [-0.2, -0.15) is 0 Å². The van der Waals surface area contributed by atoms with Crippen LogP contribution in [0.4, 0.5) is 0 Å². The van der Waals surface area contributed by atoms with Crippen molar-refractivity contribution in [2.24, 2.45) is 7.05 Å². The van der Waals surface area contributed by atoms with Gasteiger partial charge in [0.2, 0.25) is 0 Å². The van der Waals surface area contributed by atoms with Crippen molar-refractivity contribution < 1.29 is 5.11 Å². The maximum absolute atomic E-state index is 10.8. The van der Waals surface area contributed by atoms with Gasteiger partial charge < -0.3 is 10.4 Å². The van der Waals surface area contributed by atoms with E-state index in [0.717, 1.165) is 31.4 Å². The number of hydrogen-bond acceptors (Lipinski definition) is 4. The van der Waals surface area contributed by atoms with Crippen molar-refractivity contribution in [1.29, 1.82) is 0 Å². The smallest absolute Gasteiger partial charge is 0.154 e. The quantitative estimate of drug-likeness (QED) is 0.797. The number of fused-ring (bicyclic) bond motifs is 2. The number of nitrogens with zero attached hydrogens (tertiary/aromatic N) is 3. The molecule has 6 heteroatoms. The molecule has 0 aromatic carbocycles. The molecule has 0 amide bonds. The first-order valence-corrected chi connectivity index (χ1v) is 6.42. The van der Waals surface area contributed by atoms with E-state index in [-0.39, 0.29) is 0 Å². The molecule has 2 unspecified atom stereocenters. The molecule has 2 saturated heterocycles. The van der Waals surface area contributed by atoms with E-state index in [0.29, 0.717) is 16.7 Å². The average Bonchev–Trinajstić information content (AvgIpc) is 2.71. The number of halogens is 1. The Balaban J connectivity index is 1.99. The summed E-state index contributed by atoms with van der Waals surface area (Å²) in [5, 5.41) is 22.2. The van der Waals surface area contributed by atoms with E-state index >= 15 is 0 Å². The highest BCUT2D eigenvalue weighted by molar-refractivity contribution is 9.10. The molecule has 3 rings (SSSR count). The van der Waals surface area contributed by atoms with Crippen LogP contribution in [-0.4, -0.2) is 32.2 Å². The summed E-state index contributed by atoms with van der Waals surface area (Å²) < 4.78 is 2.34. The fraction of sp³-hybridized carbons (Fsp3) is 0.800. The molecule has 2 aliphatic heterocycles. The summed E-state index contributed by atoms with van der Waals surface area (Å²) in [6.07, 6.45) is 3.83. The minimum absolute atomic E-state index is 0.436. The normalized spacial score (nSPS) is 37.9. The molecule has 3 heterocycles. The van der Waals surface area contributed by atoms with Crippen LogP contribution >= 0.6 is 15.9 Å². The van der Waals surface area contributed by atoms with E-state index in [4.69, 9.17) is 0 Å². The fourth-order valence-corrected chi connectivity index (χ4v) is 3.84. The highest BCUT2D eigenvalue weighted by Gasteiger charge is 2.46. The van der Waals surface area contributed by atoms with Crippen LogP contribution in [0.25, 0.3) is 0 Å². The molecule has 0 saturated carbocycles. The van der Waals surface area contributed by atoms with Crippen LogP contribution in [0, 0.1) is 0 Å². The Morgan fingerprint density at radius 2 is 2.06 bits per heavy atom. The van der Waals surface area contributed by atoms with Gasteiger partial charge in [0.15, 0.2) is 4.60 Å². The summed E-state index contributed by atoms with van der Waals surface area (Å²) in [4.78, 5) is 0. The molecule has 0 spiro atoms. The van der Waals surface area contributed by atoms with Crippen molar-refractivity contribution in [2.75, 3.05) is 0 Å². The summed E-state index contributed by atoms with van der Waals surface area (Å²) in [5.41, 5.74) is 0.0275. The van der Waals surface area contributed by atoms with Crippen LogP contribution in [0.1, 0.15) is 31.4 Å². The molecule has 0 radical (unpaired) electrons. The largest absolute Gasteiger partial charge is 0.383 e. The number of piperidine rings is 1. The lowest BCUT2D eigenvalue weighted by molar-refractivity contribution is -0.0190. The Morgan fingerprint density at radius 3 is 2.56 bits per heavy atom. The van der Waals surface area contributed by atoms with E-state index in [1.54, 1.807) is 4.68 Å². The van der Waals surface area contributed by atoms with Gasteiger partial charge in [-0.3, -0.25) is 0 Å². The van der Waals surface area contributed by atoms with Gasteiger partial charge in [0, 0.05) is 19.1 Å². The molecular weight excluding hydrogens is 272 g/mol. The number of nitrogens with one attached hydrogen (secondary N) is 1. The Kier molecular flexibility index (Phi) is 2.35. The maximum atomic E-state index is 10.8. The molecule has 16 heavy (non-hydrogen) atoms. The minimum Gasteiger partial charge on any atom is -0.383 e. The number of aryl methyl sites for hydroxylation is 1. The van der Waals surface area contributed by atoms with E-state index in [2.05, 4.69) is 31.6 Å². The third-order valence-electron chi connectivity index (χ3n) is 3.73. The van der Waals surface area contributed by atoms with Crippen molar-refractivity contribution in [3.63, 3.8) is 0 Å². The fourth-order valence-electron chi connectivity index (χ4n) is 3.14. The summed E-state index contributed by atoms with van der Waals surface area (Å²) in [5.74, 6) is 0. The zero-order valence-corrected chi connectivity index (χ0v) is 10.7. The third-order valence-corrected chi connectivity index (χ3v) is 4.26. The average molecular weight is 287 g/mol. The molecule has 2 aliphatic rings. The number of hydrogen-bond donors (Lipinski definition) is 2. The standard InChI is InChI=1S/C10H15BrN4O/c1-15-8(9(11)13-14-15)10(16)4-6-2-3-7(5-10)12-6/h6-7,12,16H,2-5H2,1H3. The molecule has 2 atom stereocenters. The molecule has 2 N–H and O–H groups in total. The SMILES string of the molecule is Cn1nnc(Br)c1C1(O)CC2CCC(C1)N2. The Labute approximate surface area is 102 Å². The van der Waals surface area contributed by atoms with Crippen LogP contribution in [0.15, 0.2) is 4.60 Å². The van der Waals surface area contributed by atoms with Crippen LogP contribution in [0.3, 0.4) is 0 Å². The summed E-state index contributed by atoms with van der Waals surface area (Å²) in [7, 11) is 1.83. The summed E-state index contributed by atoms with van der Waals surface area (Å²) in [6, 6.07) is 0.871. The second kappa shape index (κ2) is 3.51. The molecule has 2 bridgehead atoms. The van der Waals surface area contributed by atoms with Crippen LogP contribution < -0.4 is 5.32 Å². The van der Waals surface area contributed by atoms with Crippen molar-refractivity contribution in [3.8, 4) is 0 Å². The first-order valence-electron chi connectivity index (χ1n) is 5.62. The molecule has 1 aromatic rings. The number of rotatable bonds is 1. The first-order chi connectivity index (χ1) is 7.58. The van der Waals surface area contributed by atoms with E-state index in [1.165, 1.54) is 0 Å². The number of aromatic nitrogens is 3.